The van der Waals surface area contributed by atoms with Gasteiger partial charge in [-0.25, -0.2) is 13.1 Å². The largest absolute Gasteiger partial charge is 0.381 e. The van der Waals surface area contributed by atoms with Gasteiger partial charge in [-0.15, -0.1) is 0 Å². The van der Waals surface area contributed by atoms with Crippen LogP contribution in [-0.2, 0) is 14.8 Å². The lowest BCUT2D eigenvalue weighted by molar-refractivity contribution is 0.180. The zero-order valence-electron chi connectivity index (χ0n) is 10.7. The minimum atomic E-state index is -3.17. The fourth-order valence-corrected chi connectivity index (χ4v) is 3.18. The van der Waals surface area contributed by atoms with Crippen LogP contribution < -0.4 is 10.0 Å². The van der Waals surface area contributed by atoms with Crippen LogP contribution in [0.4, 0.5) is 0 Å². The highest BCUT2D eigenvalue weighted by atomic mass is 32.2. The molecule has 2 N–H and O–H groups in total. The smallest absolute Gasteiger partial charge is 0.213 e. The monoisotopic (exact) mass is 264 g/mol. The maximum atomic E-state index is 11.8. The van der Waals surface area contributed by atoms with Gasteiger partial charge in [-0.3, -0.25) is 0 Å². The Morgan fingerprint density at radius 2 is 2.18 bits per heavy atom. The Kier molecular flexibility index (Phi) is 6.40. The van der Waals surface area contributed by atoms with E-state index < -0.39 is 10.0 Å². The molecule has 1 saturated heterocycles. The van der Waals surface area contributed by atoms with Crippen molar-refractivity contribution < 1.29 is 13.2 Å². The number of hydrogen-bond acceptors (Lipinski definition) is 4. The summed E-state index contributed by atoms with van der Waals surface area (Å²) in [4.78, 5) is 0. The van der Waals surface area contributed by atoms with Gasteiger partial charge in [-0.2, -0.15) is 0 Å². The molecule has 1 fully saturated rings. The Hall–Kier alpha value is -0.170. The molecular weight excluding hydrogens is 240 g/mol. The van der Waals surface area contributed by atoms with E-state index in [2.05, 4.69) is 17.0 Å². The first-order chi connectivity index (χ1) is 8.05. The summed E-state index contributed by atoms with van der Waals surface area (Å²) in [5.41, 5.74) is 0. The van der Waals surface area contributed by atoms with Gasteiger partial charge in [0, 0.05) is 25.1 Å². The van der Waals surface area contributed by atoms with Crippen LogP contribution in [-0.4, -0.2) is 46.5 Å². The number of rotatable bonds is 8. The Labute approximate surface area is 104 Å². The molecule has 17 heavy (non-hydrogen) atoms. The lowest BCUT2D eigenvalue weighted by Gasteiger charge is -2.19. The van der Waals surface area contributed by atoms with Gasteiger partial charge in [0.2, 0.25) is 10.0 Å². The Morgan fingerprint density at radius 1 is 1.41 bits per heavy atom. The van der Waals surface area contributed by atoms with Crippen LogP contribution >= 0.6 is 0 Å². The van der Waals surface area contributed by atoms with Crippen LogP contribution in [0.2, 0.25) is 0 Å². The summed E-state index contributed by atoms with van der Waals surface area (Å²) in [5.74, 6) is 0.457. The predicted octanol–water partition coefficient (Wildman–Crippen LogP) is 0.330. The molecule has 1 heterocycles. The van der Waals surface area contributed by atoms with Crippen molar-refractivity contribution >= 4 is 10.0 Å². The summed E-state index contributed by atoms with van der Waals surface area (Å²) in [6.45, 7) is 6.75. The quantitative estimate of drug-likeness (QED) is 0.620. The molecule has 0 spiro atoms. The van der Waals surface area contributed by atoms with Gasteiger partial charge in [-0.1, -0.05) is 6.92 Å². The maximum Gasteiger partial charge on any atom is 0.213 e. The van der Waals surface area contributed by atoms with Crippen LogP contribution in [0.1, 0.15) is 26.7 Å². The van der Waals surface area contributed by atoms with Crippen molar-refractivity contribution in [2.45, 2.75) is 32.7 Å². The molecule has 1 aliphatic rings. The Morgan fingerprint density at radius 3 is 2.76 bits per heavy atom. The van der Waals surface area contributed by atoms with Crippen molar-refractivity contribution in [2.75, 3.05) is 32.1 Å². The normalized spacial score (nSPS) is 22.8. The molecule has 0 aromatic rings. The molecule has 2 atom stereocenters. The maximum absolute atomic E-state index is 11.8. The van der Waals surface area contributed by atoms with E-state index in [1.807, 2.05) is 6.92 Å². The standard InChI is InChI=1S/C11H24N2O3S/c1-3-5-12-6-8-17(14,15)13-10(2)11-4-7-16-9-11/h10-13H,3-9H2,1-2H3. The fraction of sp³-hybridized carbons (Fsp3) is 1.00. The van der Waals surface area contributed by atoms with Gasteiger partial charge < -0.3 is 10.1 Å². The molecular formula is C11H24N2O3S. The lowest BCUT2D eigenvalue weighted by atomic mass is 10.0. The van der Waals surface area contributed by atoms with E-state index in [0.29, 0.717) is 19.1 Å². The summed E-state index contributed by atoms with van der Waals surface area (Å²) in [6.07, 6.45) is 1.96. The first-order valence-electron chi connectivity index (χ1n) is 6.33. The van der Waals surface area contributed by atoms with Crippen LogP contribution in [0.25, 0.3) is 0 Å². The molecule has 0 aliphatic carbocycles. The first kappa shape index (κ1) is 14.9. The van der Waals surface area contributed by atoms with Crippen molar-refractivity contribution in [1.29, 1.82) is 0 Å². The van der Waals surface area contributed by atoms with E-state index in [-0.39, 0.29) is 11.8 Å². The van der Waals surface area contributed by atoms with Crippen molar-refractivity contribution in [1.82, 2.24) is 10.0 Å². The molecule has 102 valence electrons. The Bertz CT molecular complexity index is 300. The second kappa shape index (κ2) is 7.31. The van der Waals surface area contributed by atoms with Gasteiger partial charge >= 0.3 is 0 Å². The minimum Gasteiger partial charge on any atom is -0.381 e. The Balaban J connectivity index is 2.27. The van der Waals surface area contributed by atoms with E-state index >= 15 is 0 Å². The molecule has 0 aromatic carbocycles. The molecule has 1 aliphatic heterocycles. The van der Waals surface area contributed by atoms with Gasteiger partial charge in [-0.05, 0) is 26.3 Å². The molecule has 0 aromatic heterocycles. The van der Waals surface area contributed by atoms with E-state index in [9.17, 15) is 8.42 Å². The number of hydrogen-bond donors (Lipinski definition) is 2. The second-order valence-corrected chi connectivity index (χ2v) is 6.47. The van der Waals surface area contributed by atoms with Crippen LogP contribution in [0, 0.1) is 5.92 Å². The van der Waals surface area contributed by atoms with Crippen molar-refractivity contribution in [3.05, 3.63) is 0 Å². The average Bonchev–Trinajstić information content (AvgIpc) is 2.77. The molecule has 0 saturated carbocycles. The van der Waals surface area contributed by atoms with Gasteiger partial charge in [0.15, 0.2) is 0 Å². The molecule has 1 rings (SSSR count). The van der Waals surface area contributed by atoms with Gasteiger partial charge in [0.25, 0.3) is 0 Å². The van der Waals surface area contributed by atoms with Crippen molar-refractivity contribution in [2.24, 2.45) is 5.92 Å². The zero-order chi connectivity index (χ0) is 12.7. The van der Waals surface area contributed by atoms with Crippen LogP contribution in [0.3, 0.4) is 0 Å². The summed E-state index contributed by atoms with van der Waals surface area (Å²) in [6, 6.07) is -0.0336. The third-order valence-electron chi connectivity index (χ3n) is 3.01. The van der Waals surface area contributed by atoms with E-state index in [0.717, 1.165) is 26.0 Å². The van der Waals surface area contributed by atoms with E-state index in [1.54, 1.807) is 0 Å². The fourth-order valence-electron chi connectivity index (χ4n) is 1.89. The highest BCUT2D eigenvalue weighted by molar-refractivity contribution is 7.89. The highest BCUT2D eigenvalue weighted by Crippen LogP contribution is 2.16. The zero-order valence-corrected chi connectivity index (χ0v) is 11.6. The first-order valence-corrected chi connectivity index (χ1v) is 7.99. The number of nitrogens with one attached hydrogen (secondary N) is 2. The SMILES string of the molecule is CCCNCCS(=O)(=O)NC(C)C1CCOC1. The van der Waals surface area contributed by atoms with E-state index in [1.165, 1.54) is 0 Å². The number of ether oxygens (including phenoxy) is 1. The van der Waals surface area contributed by atoms with Gasteiger partial charge in [0.05, 0.1) is 12.4 Å². The average molecular weight is 264 g/mol. The van der Waals surface area contributed by atoms with Crippen molar-refractivity contribution in [3.8, 4) is 0 Å². The minimum absolute atomic E-state index is 0.0336. The molecule has 0 bridgehead atoms. The number of sulfonamides is 1. The molecule has 6 heteroatoms. The van der Waals surface area contributed by atoms with Crippen LogP contribution in [0.15, 0.2) is 0 Å². The molecule has 2 unspecified atom stereocenters. The third kappa shape index (κ3) is 5.81. The highest BCUT2D eigenvalue weighted by Gasteiger charge is 2.25. The molecule has 5 nitrogen and oxygen atoms in total. The third-order valence-corrected chi connectivity index (χ3v) is 4.48. The topological polar surface area (TPSA) is 67.4 Å². The lowest BCUT2D eigenvalue weighted by Crippen LogP contribution is -2.41. The predicted molar refractivity (Wildman–Crippen MR) is 68.5 cm³/mol. The van der Waals surface area contributed by atoms with Crippen LogP contribution in [0.5, 0.6) is 0 Å². The summed E-state index contributed by atoms with van der Waals surface area (Å²) < 4.78 is 31.5. The summed E-state index contributed by atoms with van der Waals surface area (Å²) >= 11 is 0. The molecule has 0 amide bonds. The summed E-state index contributed by atoms with van der Waals surface area (Å²) in [7, 11) is -3.17. The van der Waals surface area contributed by atoms with Gasteiger partial charge in [0.1, 0.15) is 0 Å². The second-order valence-electron chi connectivity index (χ2n) is 4.60. The summed E-state index contributed by atoms with van der Waals surface area (Å²) in [5, 5.41) is 3.09. The molecule has 0 radical (unpaired) electrons. The van der Waals surface area contributed by atoms with Crippen molar-refractivity contribution in [3.63, 3.8) is 0 Å². The van der Waals surface area contributed by atoms with E-state index in [4.69, 9.17) is 4.74 Å².